The lowest BCUT2D eigenvalue weighted by atomic mass is 9.74. The van der Waals surface area contributed by atoms with Crippen LogP contribution in [-0.4, -0.2) is 35.5 Å². The molecule has 2 aliphatic rings. The normalized spacial score (nSPS) is 24.8. The smallest absolute Gasteiger partial charge is 0.488 e. The summed E-state index contributed by atoms with van der Waals surface area (Å²) in [6, 6.07) is 7.00. The molecule has 5 heteroatoms. The van der Waals surface area contributed by atoms with Crippen LogP contribution in [0.3, 0.4) is 0 Å². The second-order valence-corrected chi connectivity index (χ2v) is 5.56. The molecule has 1 aliphatic carbocycles. The molecule has 0 bridgehead atoms. The van der Waals surface area contributed by atoms with Crippen molar-refractivity contribution < 1.29 is 19.5 Å². The topological polar surface area (TPSA) is 58.9 Å². The lowest BCUT2D eigenvalue weighted by Gasteiger charge is -2.46. The van der Waals surface area contributed by atoms with Crippen LogP contribution in [-0.2, 0) is 4.74 Å². The van der Waals surface area contributed by atoms with Gasteiger partial charge >= 0.3 is 7.12 Å². The second kappa shape index (κ2) is 5.15. The van der Waals surface area contributed by atoms with Crippen molar-refractivity contribution in [1.29, 1.82) is 0 Å². The maximum absolute atomic E-state index is 9.16. The third-order valence-corrected chi connectivity index (χ3v) is 4.17. The Hall–Kier alpha value is -1.04. The van der Waals surface area contributed by atoms with E-state index in [1.807, 2.05) is 6.07 Å². The van der Waals surface area contributed by atoms with Crippen molar-refractivity contribution in [1.82, 2.24) is 0 Å². The lowest BCUT2D eigenvalue weighted by molar-refractivity contribution is -0.153. The SMILES string of the molecule is OB(O)c1cccc(OC2CCOC3(CCC3)C2)c1. The van der Waals surface area contributed by atoms with Crippen molar-refractivity contribution in [2.75, 3.05) is 6.61 Å². The van der Waals surface area contributed by atoms with Crippen LogP contribution in [0.15, 0.2) is 24.3 Å². The van der Waals surface area contributed by atoms with E-state index in [0.717, 1.165) is 32.3 Å². The lowest BCUT2D eigenvalue weighted by Crippen LogP contribution is -2.48. The third-order valence-electron chi connectivity index (χ3n) is 4.17. The number of ether oxygens (including phenoxy) is 2. The molecule has 2 N–H and O–H groups in total. The molecule has 1 aromatic rings. The van der Waals surface area contributed by atoms with Crippen LogP contribution in [0.25, 0.3) is 0 Å². The van der Waals surface area contributed by atoms with Crippen LogP contribution in [0.5, 0.6) is 5.75 Å². The molecular weight excluding hydrogens is 243 g/mol. The summed E-state index contributed by atoms with van der Waals surface area (Å²) in [4.78, 5) is 0. The van der Waals surface area contributed by atoms with Gasteiger partial charge in [0.1, 0.15) is 11.9 Å². The zero-order valence-corrected chi connectivity index (χ0v) is 10.9. The van der Waals surface area contributed by atoms with E-state index in [2.05, 4.69) is 0 Å². The van der Waals surface area contributed by atoms with Crippen molar-refractivity contribution >= 4 is 12.6 Å². The molecule has 1 atom stereocenters. The van der Waals surface area contributed by atoms with Gasteiger partial charge in [-0.15, -0.1) is 0 Å². The van der Waals surface area contributed by atoms with Crippen molar-refractivity contribution in [3.8, 4) is 5.75 Å². The zero-order valence-electron chi connectivity index (χ0n) is 10.9. The quantitative estimate of drug-likeness (QED) is 0.793. The summed E-state index contributed by atoms with van der Waals surface area (Å²) in [5.41, 5.74) is 0.528. The highest BCUT2D eigenvalue weighted by atomic mass is 16.5. The van der Waals surface area contributed by atoms with Gasteiger partial charge in [-0.25, -0.2) is 0 Å². The summed E-state index contributed by atoms with van der Waals surface area (Å²) in [6.07, 6.45) is 5.54. The van der Waals surface area contributed by atoms with Gasteiger partial charge < -0.3 is 19.5 Å². The fourth-order valence-corrected chi connectivity index (χ4v) is 2.94. The summed E-state index contributed by atoms with van der Waals surface area (Å²) >= 11 is 0. The molecule has 1 saturated heterocycles. The summed E-state index contributed by atoms with van der Waals surface area (Å²) < 4.78 is 11.8. The van der Waals surface area contributed by atoms with E-state index in [0.29, 0.717) is 11.2 Å². The van der Waals surface area contributed by atoms with Gasteiger partial charge in [-0.1, -0.05) is 12.1 Å². The first-order chi connectivity index (χ1) is 9.17. The average Bonchev–Trinajstić information content (AvgIpc) is 2.37. The number of rotatable bonds is 3. The molecule has 0 radical (unpaired) electrons. The van der Waals surface area contributed by atoms with Gasteiger partial charge in [0.25, 0.3) is 0 Å². The Bertz CT molecular complexity index is 445. The Morgan fingerprint density at radius 1 is 1.32 bits per heavy atom. The highest BCUT2D eigenvalue weighted by Crippen LogP contribution is 2.43. The molecule has 2 fully saturated rings. The first-order valence-electron chi connectivity index (χ1n) is 6.94. The Balaban J connectivity index is 1.65. The van der Waals surface area contributed by atoms with Crippen molar-refractivity contribution in [3.63, 3.8) is 0 Å². The van der Waals surface area contributed by atoms with Crippen LogP contribution >= 0.6 is 0 Å². The number of hydrogen-bond acceptors (Lipinski definition) is 4. The molecule has 4 nitrogen and oxygen atoms in total. The maximum atomic E-state index is 9.16. The predicted molar refractivity (Wildman–Crippen MR) is 72.5 cm³/mol. The molecule has 102 valence electrons. The third kappa shape index (κ3) is 2.78. The molecule has 1 aliphatic heterocycles. The van der Waals surface area contributed by atoms with Gasteiger partial charge in [0, 0.05) is 12.8 Å². The molecule has 3 rings (SSSR count). The van der Waals surface area contributed by atoms with E-state index in [4.69, 9.17) is 19.5 Å². The van der Waals surface area contributed by atoms with Gasteiger partial charge in [0.05, 0.1) is 12.2 Å². The average molecular weight is 262 g/mol. The van der Waals surface area contributed by atoms with Crippen molar-refractivity contribution in [3.05, 3.63) is 24.3 Å². The van der Waals surface area contributed by atoms with Gasteiger partial charge in [-0.3, -0.25) is 0 Å². The standard InChI is InChI=1S/C14H19BO4/c16-15(17)11-3-1-4-12(9-11)19-13-5-8-18-14(10-13)6-2-7-14/h1,3-4,9,13,16-17H,2,5-8,10H2. The second-order valence-electron chi connectivity index (χ2n) is 5.56. The van der Waals surface area contributed by atoms with E-state index in [1.165, 1.54) is 6.42 Å². The maximum Gasteiger partial charge on any atom is 0.488 e. The Morgan fingerprint density at radius 2 is 2.16 bits per heavy atom. The van der Waals surface area contributed by atoms with Gasteiger partial charge in [-0.05, 0) is 36.9 Å². The minimum Gasteiger partial charge on any atom is -0.490 e. The molecule has 1 unspecified atom stereocenters. The Morgan fingerprint density at radius 3 is 2.84 bits per heavy atom. The molecule has 1 heterocycles. The predicted octanol–water partition coefficient (Wildman–Crippen LogP) is 0.847. The van der Waals surface area contributed by atoms with Crippen molar-refractivity contribution in [2.45, 2.75) is 43.8 Å². The Kier molecular flexibility index (Phi) is 3.52. The van der Waals surface area contributed by atoms with Crippen LogP contribution in [0.2, 0.25) is 0 Å². The van der Waals surface area contributed by atoms with E-state index < -0.39 is 7.12 Å². The highest BCUT2D eigenvalue weighted by molar-refractivity contribution is 6.58. The summed E-state index contributed by atoms with van der Waals surface area (Å²) in [5.74, 6) is 0.701. The first kappa shape index (κ1) is 13.0. The van der Waals surface area contributed by atoms with Crippen LogP contribution in [0.1, 0.15) is 32.1 Å². The van der Waals surface area contributed by atoms with Crippen LogP contribution < -0.4 is 10.2 Å². The summed E-state index contributed by atoms with van der Waals surface area (Å²) in [6.45, 7) is 0.757. The van der Waals surface area contributed by atoms with Gasteiger partial charge in [0.15, 0.2) is 0 Å². The van der Waals surface area contributed by atoms with E-state index in [-0.39, 0.29) is 11.7 Å². The van der Waals surface area contributed by atoms with Crippen LogP contribution in [0.4, 0.5) is 0 Å². The van der Waals surface area contributed by atoms with E-state index in [9.17, 15) is 0 Å². The van der Waals surface area contributed by atoms with Crippen LogP contribution in [0, 0.1) is 0 Å². The number of hydrogen-bond donors (Lipinski definition) is 2. The highest BCUT2D eigenvalue weighted by Gasteiger charge is 2.43. The fourth-order valence-electron chi connectivity index (χ4n) is 2.94. The Labute approximate surface area is 113 Å². The first-order valence-corrected chi connectivity index (χ1v) is 6.94. The molecule has 1 aromatic carbocycles. The summed E-state index contributed by atoms with van der Waals surface area (Å²) in [7, 11) is -1.45. The number of benzene rings is 1. The molecule has 19 heavy (non-hydrogen) atoms. The van der Waals surface area contributed by atoms with Gasteiger partial charge in [0.2, 0.25) is 0 Å². The molecular formula is C14H19BO4. The largest absolute Gasteiger partial charge is 0.490 e. The summed E-state index contributed by atoms with van der Waals surface area (Å²) in [5, 5.41) is 18.3. The van der Waals surface area contributed by atoms with Crippen molar-refractivity contribution in [2.24, 2.45) is 0 Å². The molecule has 1 spiro atoms. The van der Waals surface area contributed by atoms with Gasteiger partial charge in [-0.2, -0.15) is 0 Å². The fraction of sp³-hybridized carbons (Fsp3) is 0.571. The van der Waals surface area contributed by atoms with E-state index in [1.54, 1.807) is 18.2 Å². The minimum absolute atomic E-state index is 0.0665. The molecule has 0 aromatic heterocycles. The molecule has 0 amide bonds. The van der Waals surface area contributed by atoms with E-state index >= 15 is 0 Å². The zero-order chi connectivity index (χ0) is 13.3. The minimum atomic E-state index is -1.45. The monoisotopic (exact) mass is 262 g/mol. The molecule has 1 saturated carbocycles.